The van der Waals surface area contributed by atoms with E-state index in [1.165, 1.54) is 0 Å². The molecule has 1 N–H and O–H groups in total. The smallest absolute Gasteiger partial charge is 0.345 e. The van der Waals surface area contributed by atoms with Gasteiger partial charge in [-0.25, -0.2) is 4.79 Å². The molecule has 0 saturated carbocycles. The minimum Gasteiger partial charge on any atom is -0.493 e. The van der Waals surface area contributed by atoms with Gasteiger partial charge in [0.25, 0.3) is 0 Å². The Bertz CT molecular complexity index is 632. The quantitative estimate of drug-likeness (QED) is 0.856. The first-order chi connectivity index (χ1) is 8.08. The number of aryl methyl sites for hydroxylation is 2. The molecule has 0 radical (unpaired) electrons. The van der Waals surface area contributed by atoms with Crippen LogP contribution in [-0.2, 0) is 0 Å². The molecule has 2 aromatic rings. The molecule has 0 saturated heterocycles. The number of hydrogen-bond donors (Lipinski definition) is 1. The zero-order valence-corrected chi connectivity index (χ0v) is 10.2. The van der Waals surface area contributed by atoms with Gasteiger partial charge in [0, 0.05) is 22.7 Å². The van der Waals surface area contributed by atoms with Crippen LogP contribution in [0.1, 0.15) is 11.3 Å². The molecule has 0 aliphatic rings. The van der Waals surface area contributed by atoms with Crippen molar-refractivity contribution in [3.05, 3.63) is 27.8 Å². The van der Waals surface area contributed by atoms with E-state index in [0.29, 0.717) is 17.0 Å². The van der Waals surface area contributed by atoms with Crippen LogP contribution in [-0.4, -0.2) is 24.2 Å². The summed E-state index contributed by atoms with van der Waals surface area (Å²) in [5.74, 6) is 1.24. The number of nitrogens with zero attached hydrogens (tertiary/aromatic N) is 1. The third kappa shape index (κ3) is 1.73. The van der Waals surface area contributed by atoms with Crippen LogP contribution < -0.4 is 15.2 Å². The molecule has 0 aliphatic heterocycles. The molecule has 1 heterocycles. The third-order valence-corrected chi connectivity index (χ3v) is 2.78. The lowest BCUT2D eigenvalue weighted by Gasteiger charge is -2.13. The van der Waals surface area contributed by atoms with E-state index in [1.54, 1.807) is 20.3 Å². The second-order valence-electron chi connectivity index (χ2n) is 3.80. The summed E-state index contributed by atoms with van der Waals surface area (Å²) in [4.78, 5) is 17.9. The number of aromatic nitrogens is 2. The molecule has 0 aliphatic carbocycles. The van der Waals surface area contributed by atoms with Gasteiger partial charge in [-0.1, -0.05) is 0 Å². The predicted octanol–water partition coefficient (Wildman–Crippen LogP) is 1.56. The zero-order chi connectivity index (χ0) is 12.6. The maximum absolute atomic E-state index is 11.3. The fourth-order valence-corrected chi connectivity index (χ4v) is 2.08. The van der Waals surface area contributed by atoms with Crippen molar-refractivity contribution in [2.24, 2.45) is 0 Å². The van der Waals surface area contributed by atoms with Crippen LogP contribution in [0.4, 0.5) is 0 Å². The van der Waals surface area contributed by atoms with Crippen LogP contribution in [0.25, 0.3) is 10.9 Å². The standard InChI is InChI=1S/C12H14N2O3/c1-6-10-7(2)13-12(15)14-8(10)5-9(16-3)11(6)17-4/h5H,1-4H3,(H,13,14,15). The fourth-order valence-electron chi connectivity index (χ4n) is 2.08. The highest BCUT2D eigenvalue weighted by Crippen LogP contribution is 2.36. The maximum atomic E-state index is 11.3. The SMILES string of the molecule is COc1cc2nc(=O)[nH]c(C)c2c(C)c1OC. The molecule has 17 heavy (non-hydrogen) atoms. The number of H-pyrrole nitrogens is 1. The van der Waals surface area contributed by atoms with Crippen molar-refractivity contribution in [1.82, 2.24) is 9.97 Å². The van der Waals surface area contributed by atoms with Crippen molar-refractivity contribution in [3.8, 4) is 11.5 Å². The lowest BCUT2D eigenvalue weighted by atomic mass is 10.1. The van der Waals surface area contributed by atoms with E-state index in [2.05, 4.69) is 9.97 Å². The first-order valence-corrected chi connectivity index (χ1v) is 5.20. The van der Waals surface area contributed by atoms with Crippen molar-refractivity contribution < 1.29 is 9.47 Å². The monoisotopic (exact) mass is 234 g/mol. The number of fused-ring (bicyclic) bond motifs is 1. The van der Waals surface area contributed by atoms with Crippen LogP contribution in [0.2, 0.25) is 0 Å². The summed E-state index contributed by atoms with van der Waals surface area (Å²) >= 11 is 0. The first kappa shape index (κ1) is 11.4. The summed E-state index contributed by atoms with van der Waals surface area (Å²) in [5, 5.41) is 0.891. The molecule has 5 nitrogen and oxygen atoms in total. The summed E-state index contributed by atoms with van der Waals surface area (Å²) in [7, 11) is 3.15. The molecule has 5 heteroatoms. The van der Waals surface area contributed by atoms with Gasteiger partial charge >= 0.3 is 5.69 Å². The highest BCUT2D eigenvalue weighted by Gasteiger charge is 2.14. The van der Waals surface area contributed by atoms with Crippen LogP contribution in [0.3, 0.4) is 0 Å². The molecule has 0 unspecified atom stereocenters. The van der Waals surface area contributed by atoms with Gasteiger partial charge in [-0.3, -0.25) is 0 Å². The molecular formula is C12H14N2O3. The topological polar surface area (TPSA) is 64.2 Å². The van der Waals surface area contributed by atoms with Gasteiger partial charge in [0.15, 0.2) is 11.5 Å². The minimum absolute atomic E-state index is 0.360. The maximum Gasteiger partial charge on any atom is 0.345 e. The Morgan fingerprint density at radius 3 is 2.53 bits per heavy atom. The normalized spacial score (nSPS) is 10.6. The summed E-state index contributed by atoms with van der Waals surface area (Å²) in [6.45, 7) is 3.75. The molecule has 90 valence electrons. The van der Waals surface area contributed by atoms with Gasteiger partial charge in [-0.2, -0.15) is 4.98 Å². The van der Waals surface area contributed by atoms with Crippen molar-refractivity contribution in [1.29, 1.82) is 0 Å². The van der Waals surface area contributed by atoms with Gasteiger partial charge in [-0.05, 0) is 13.8 Å². The van der Waals surface area contributed by atoms with E-state index in [-0.39, 0.29) is 5.69 Å². The molecule has 1 aromatic carbocycles. The van der Waals surface area contributed by atoms with E-state index in [4.69, 9.17) is 9.47 Å². The number of aromatic amines is 1. The average Bonchev–Trinajstić information content (AvgIpc) is 2.27. The number of ether oxygens (including phenoxy) is 2. The van der Waals surface area contributed by atoms with Crippen molar-refractivity contribution in [2.45, 2.75) is 13.8 Å². The van der Waals surface area contributed by atoms with Crippen LogP contribution in [0.15, 0.2) is 10.9 Å². The fraction of sp³-hybridized carbons (Fsp3) is 0.333. The number of rotatable bonds is 2. The Hall–Kier alpha value is -2.04. The molecule has 0 bridgehead atoms. The Morgan fingerprint density at radius 2 is 1.94 bits per heavy atom. The molecule has 0 atom stereocenters. The van der Waals surface area contributed by atoms with Gasteiger partial charge in [0.1, 0.15) is 0 Å². The molecule has 0 fully saturated rings. The van der Waals surface area contributed by atoms with Crippen LogP contribution >= 0.6 is 0 Å². The van der Waals surface area contributed by atoms with E-state index < -0.39 is 0 Å². The summed E-state index contributed by atoms with van der Waals surface area (Å²) in [6, 6.07) is 1.71. The van der Waals surface area contributed by atoms with Crippen molar-refractivity contribution >= 4 is 10.9 Å². The van der Waals surface area contributed by atoms with Crippen LogP contribution in [0, 0.1) is 13.8 Å². The molecule has 1 aromatic heterocycles. The highest BCUT2D eigenvalue weighted by molar-refractivity contribution is 5.88. The van der Waals surface area contributed by atoms with E-state index in [0.717, 1.165) is 16.6 Å². The van der Waals surface area contributed by atoms with Crippen molar-refractivity contribution in [2.75, 3.05) is 14.2 Å². The zero-order valence-electron chi connectivity index (χ0n) is 10.2. The largest absolute Gasteiger partial charge is 0.493 e. The summed E-state index contributed by atoms with van der Waals surface area (Å²) in [6.07, 6.45) is 0. The van der Waals surface area contributed by atoms with Gasteiger partial charge in [0.05, 0.1) is 19.7 Å². The second-order valence-corrected chi connectivity index (χ2v) is 3.80. The molecule has 0 spiro atoms. The van der Waals surface area contributed by atoms with E-state index in [1.807, 2.05) is 13.8 Å². The van der Waals surface area contributed by atoms with Gasteiger partial charge < -0.3 is 14.5 Å². The molecule has 2 rings (SSSR count). The van der Waals surface area contributed by atoms with Crippen molar-refractivity contribution in [3.63, 3.8) is 0 Å². The minimum atomic E-state index is -0.360. The summed E-state index contributed by atoms with van der Waals surface area (Å²) < 4.78 is 10.5. The second kappa shape index (κ2) is 4.08. The highest BCUT2D eigenvalue weighted by atomic mass is 16.5. The number of nitrogens with one attached hydrogen (secondary N) is 1. The number of hydrogen-bond acceptors (Lipinski definition) is 4. The van der Waals surface area contributed by atoms with Gasteiger partial charge in [0.2, 0.25) is 0 Å². The van der Waals surface area contributed by atoms with E-state index in [9.17, 15) is 4.79 Å². The lowest BCUT2D eigenvalue weighted by Crippen LogP contribution is -2.12. The summed E-state index contributed by atoms with van der Waals surface area (Å²) in [5.41, 5.74) is 1.93. The molecule has 0 amide bonds. The predicted molar refractivity (Wildman–Crippen MR) is 64.9 cm³/mol. The Morgan fingerprint density at radius 1 is 1.24 bits per heavy atom. The number of methoxy groups -OCH3 is 2. The molecular weight excluding hydrogens is 220 g/mol. The number of benzene rings is 1. The average molecular weight is 234 g/mol. The van der Waals surface area contributed by atoms with E-state index >= 15 is 0 Å². The lowest BCUT2D eigenvalue weighted by molar-refractivity contribution is 0.354. The Labute approximate surface area is 98.4 Å². The third-order valence-electron chi connectivity index (χ3n) is 2.78. The van der Waals surface area contributed by atoms with Gasteiger partial charge in [-0.15, -0.1) is 0 Å². The first-order valence-electron chi connectivity index (χ1n) is 5.20. The Balaban J connectivity index is 2.95. The Kier molecular flexibility index (Phi) is 2.75. The van der Waals surface area contributed by atoms with Crippen LogP contribution in [0.5, 0.6) is 11.5 Å².